The standard InChI is InChI=1S/C18H20ClF3N6O2/c19-14-2-1-12(9-13(14)18(20,21)22)27-17(29)24-4-3-23-15-10-16(26-11-25-15)28-5-7-30-8-6-28/h1-2,9-11H,3-8H2,(H,23,25,26)(H2,24,27,29). The van der Waals surface area contributed by atoms with Crippen LogP contribution in [0.2, 0.25) is 5.02 Å². The lowest BCUT2D eigenvalue weighted by molar-refractivity contribution is -0.137. The van der Waals surface area contributed by atoms with Gasteiger partial charge in [-0.2, -0.15) is 13.2 Å². The summed E-state index contributed by atoms with van der Waals surface area (Å²) < 4.78 is 44.0. The summed E-state index contributed by atoms with van der Waals surface area (Å²) in [6.07, 6.45) is -3.15. The number of carbonyl (C=O) groups is 1. The first-order chi connectivity index (χ1) is 14.3. The Kier molecular flexibility index (Phi) is 7.16. The van der Waals surface area contributed by atoms with Gasteiger partial charge in [0.25, 0.3) is 0 Å². The minimum atomic E-state index is -4.60. The molecule has 0 atom stereocenters. The molecule has 0 aliphatic carbocycles. The van der Waals surface area contributed by atoms with Crippen molar-refractivity contribution >= 4 is 35.0 Å². The molecule has 0 saturated carbocycles. The maximum absolute atomic E-state index is 12.9. The van der Waals surface area contributed by atoms with E-state index in [0.717, 1.165) is 31.0 Å². The molecule has 0 spiro atoms. The van der Waals surface area contributed by atoms with Crippen molar-refractivity contribution in [2.45, 2.75) is 6.18 Å². The van der Waals surface area contributed by atoms with Crippen LogP contribution in [-0.2, 0) is 10.9 Å². The monoisotopic (exact) mass is 444 g/mol. The van der Waals surface area contributed by atoms with Gasteiger partial charge in [0.15, 0.2) is 0 Å². The summed E-state index contributed by atoms with van der Waals surface area (Å²) in [5.41, 5.74) is -1.02. The van der Waals surface area contributed by atoms with E-state index in [9.17, 15) is 18.0 Å². The molecule has 1 aliphatic rings. The van der Waals surface area contributed by atoms with Gasteiger partial charge in [-0.15, -0.1) is 0 Å². The molecule has 3 N–H and O–H groups in total. The van der Waals surface area contributed by atoms with Gasteiger partial charge in [-0.25, -0.2) is 14.8 Å². The van der Waals surface area contributed by atoms with Crippen molar-refractivity contribution in [3.8, 4) is 0 Å². The van der Waals surface area contributed by atoms with Gasteiger partial charge in [-0.3, -0.25) is 0 Å². The first kappa shape index (κ1) is 21.9. The molecule has 0 bridgehead atoms. The van der Waals surface area contributed by atoms with Crippen molar-refractivity contribution < 1.29 is 22.7 Å². The second kappa shape index (κ2) is 9.81. The summed E-state index contributed by atoms with van der Waals surface area (Å²) in [6.45, 7) is 3.37. The second-order valence-corrected chi connectivity index (χ2v) is 6.77. The van der Waals surface area contributed by atoms with Crippen molar-refractivity contribution in [1.29, 1.82) is 0 Å². The van der Waals surface area contributed by atoms with Crippen LogP contribution in [-0.4, -0.2) is 55.4 Å². The number of hydrogen-bond acceptors (Lipinski definition) is 6. The maximum atomic E-state index is 12.9. The Morgan fingerprint density at radius 1 is 1.17 bits per heavy atom. The average Bonchev–Trinajstić information content (AvgIpc) is 2.73. The smallest absolute Gasteiger partial charge is 0.378 e. The van der Waals surface area contributed by atoms with E-state index < -0.39 is 22.8 Å². The average molecular weight is 445 g/mol. The van der Waals surface area contributed by atoms with E-state index in [4.69, 9.17) is 16.3 Å². The molecule has 1 saturated heterocycles. The number of morpholine rings is 1. The Balaban J connectivity index is 1.45. The summed E-state index contributed by atoms with van der Waals surface area (Å²) in [5, 5.41) is 7.54. The van der Waals surface area contributed by atoms with Crippen LogP contribution in [0.4, 0.5) is 35.3 Å². The van der Waals surface area contributed by atoms with Gasteiger partial charge >= 0.3 is 12.2 Å². The minimum absolute atomic E-state index is 0.0110. The highest BCUT2D eigenvalue weighted by molar-refractivity contribution is 6.31. The summed E-state index contributed by atoms with van der Waals surface area (Å²) in [5.74, 6) is 1.38. The van der Waals surface area contributed by atoms with Crippen LogP contribution in [0.1, 0.15) is 5.56 Å². The third kappa shape index (κ3) is 6.10. The van der Waals surface area contributed by atoms with E-state index in [-0.39, 0.29) is 12.2 Å². The lowest BCUT2D eigenvalue weighted by Gasteiger charge is -2.27. The third-order valence-corrected chi connectivity index (χ3v) is 4.56. The largest absolute Gasteiger partial charge is 0.417 e. The Bertz CT molecular complexity index is 877. The van der Waals surface area contributed by atoms with E-state index >= 15 is 0 Å². The third-order valence-electron chi connectivity index (χ3n) is 4.23. The number of nitrogens with one attached hydrogen (secondary N) is 3. The van der Waals surface area contributed by atoms with E-state index in [2.05, 4.69) is 30.8 Å². The number of halogens is 4. The molecule has 2 heterocycles. The highest BCUT2D eigenvalue weighted by Crippen LogP contribution is 2.36. The molecule has 162 valence electrons. The molecular weight excluding hydrogens is 425 g/mol. The fraction of sp³-hybridized carbons (Fsp3) is 0.389. The minimum Gasteiger partial charge on any atom is -0.378 e. The predicted octanol–water partition coefficient (Wildman–Crippen LogP) is 3.22. The van der Waals surface area contributed by atoms with Crippen LogP contribution in [0.15, 0.2) is 30.6 Å². The number of rotatable bonds is 6. The summed E-state index contributed by atoms with van der Waals surface area (Å²) in [6, 6.07) is 4.34. The molecule has 1 aromatic heterocycles. The highest BCUT2D eigenvalue weighted by atomic mass is 35.5. The topological polar surface area (TPSA) is 91.4 Å². The number of carbonyl (C=O) groups excluding carboxylic acids is 1. The fourth-order valence-corrected chi connectivity index (χ4v) is 3.00. The Hall–Kier alpha value is -2.79. The van der Waals surface area contributed by atoms with Gasteiger partial charge < -0.3 is 25.6 Å². The molecule has 2 aromatic rings. The van der Waals surface area contributed by atoms with Crippen LogP contribution in [0.5, 0.6) is 0 Å². The lowest BCUT2D eigenvalue weighted by Crippen LogP contribution is -2.36. The van der Waals surface area contributed by atoms with Crippen molar-refractivity contribution in [2.24, 2.45) is 0 Å². The maximum Gasteiger partial charge on any atom is 0.417 e. The van der Waals surface area contributed by atoms with Crippen LogP contribution in [0.25, 0.3) is 0 Å². The van der Waals surface area contributed by atoms with Crippen LogP contribution in [0.3, 0.4) is 0 Å². The number of amides is 2. The fourth-order valence-electron chi connectivity index (χ4n) is 2.77. The molecule has 1 fully saturated rings. The second-order valence-electron chi connectivity index (χ2n) is 6.36. The SMILES string of the molecule is O=C(NCCNc1cc(N2CCOCC2)ncn1)Nc1ccc(Cl)c(C(F)(F)F)c1. The Morgan fingerprint density at radius 2 is 1.93 bits per heavy atom. The number of hydrogen-bond donors (Lipinski definition) is 3. The first-order valence-corrected chi connectivity index (χ1v) is 9.51. The summed E-state index contributed by atoms with van der Waals surface area (Å²) in [7, 11) is 0. The molecule has 1 aliphatic heterocycles. The van der Waals surface area contributed by atoms with Gasteiger partial charge in [0, 0.05) is 37.9 Å². The first-order valence-electron chi connectivity index (χ1n) is 9.13. The van der Waals surface area contributed by atoms with E-state index in [1.165, 1.54) is 12.4 Å². The van der Waals surface area contributed by atoms with Crippen molar-refractivity contribution in [1.82, 2.24) is 15.3 Å². The number of nitrogens with zero attached hydrogens (tertiary/aromatic N) is 3. The molecule has 0 unspecified atom stereocenters. The number of benzene rings is 1. The number of alkyl halides is 3. The van der Waals surface area contributed by atoms with Crippen LogP contribution in [0, 0.1) is 0 Å². The molecular formula is C18H20ClF3N6O2. The zero-order chi connectivity index (χ0) is 21.6. The quantitative estimate of drug-likeness (QED) is 0.593. The van der Waals surface area contributed by atoms with Crippen molar-refractivity contribution in [2.75, 3.05) is 54.9 Å². The van der Waals surface area contributed by atoms with Gasteiger partial charge in [0.2, 0.25) is 0 Å². The molecule has 2 amide bonds. The van der Waals surface area contributed by atoms with E-state index in [0.29, 0.717) is 25.6 Å². The summed E-state index contributed by atoms with van der Waals surface area (Å²) in [4.78, 5) is 22.4. The van der Waals surface area contributed by atoms with Crippen molar-refractivity contribution in [3.63, 3.8) is 0 Å². The number of aromatic nitrogens is 2. The van der Waals surface area contributed by atoms with Gasteiger partial charge in [0.05, 0.1) is 23.8 Å². The summed E-state index contributed by atoms with van der Waals surface area (Å²) >= 11 is 5.56. The molecule has 8 nitrogen and oxygen atoms in total. The molecule has 30 heavy (non-hydrogen) atoms. The number of urea groups is 1. The molecule has 12 heteroatoms. The number of anilines is 3. The zero-order valence-corrected chi connectivity index (χ0v) is 16.6. The van der Waals surface area contributed by atoms with E-state index in [1.54, 1.807) is 6.07 Å². The molecule has 3 rings (SSSR count). The van der Waals surface area contributed by atoms with Gasteiger partial charge in [-0.1, -0.05) is 11.6 Å². The van der Waals surface area contributed by atoms with E-state index in [1.807, 2.05) is 0 Å². The van der Waals surface area contributed by atoms with Crippen molar-refractivity contribution in [3.05, 3.63) is 41.2 Å². The Labute approximate surface area is 175 Å². The van der Waals surface area contributed by atoms with Gasteiger partial charge in [-0.05, 0) is 18.2 Å². The number of ether oxygens (including phenoxy) is 1. The molecule has 1 aromatic carbocycles. The normalized spacial score (nSPS) is 14.3. The van der Waals surface area contributed by atoms with Crippen LogP contribution >= 0.6 is 11.6 Å². The predicted molar refractivity (Wildman–Crippen MR) is 107 cm³/mol. The van der Waals surface area contributed by atoms with Gasteiger partial charge in [0.1, 0.15) is 18.0 Å². The lowest BCUT2D eigenvalue weighted by atomic mass is 10.2. The highest BCUT2D eigenvalue weighted by Gasteiger charge is 2.33. The molecule has 0 radical (unpaired) electrons. The van der Waals surface area contributed by atoms with Crippen LogP contribution < -0.4 is 20.9 Å². The zero-order valence-electron chi connectivity index (χ0n) is 15.8. The Morgan fingerprint density at radius 3 is 2.67 bits per heavy atom.